The van der Waals surface area contributed by atoms with Gasteiger partial charge in [0.25, 0.3) is 0 Å². The Kier molecular flexibility index (Phi) is 5.31. The number of rotatable bonds is 5. The number of Topliss-reactive ketones (excluding diaryl/α,β-unsaturated/α-hetero) is 1. The summed E-state index contributed by atoms with van der Waals surface area (Å²) in [7, 11) is -3.20. The van der Waals surface area contributed by atoms with Crippen LogP contribution in [-0.4, -0.2) is 61.7 Å². The molecule has 1 aromatic carbocycles. The molecule has 0 N–H and O–H groups in total. The molecule has 0 radical (unpaired) electrons. The lowest BCUT2D eigenvalue weighted by Gasteiger charge is -2.33. The summed E-state index contributed by atoms with van der Waals surface area (Å²) < 4.78 is 24.2. The van der Waals surface area contributed by atoms with Gasteiger partial charge in [-0.15, -0.1) is 0 Å². The van der Waals surface area contributed by atoms with Crippen LogP contribution in [0.25, 0.3) is 0 Å². The number of nitrogens with zero attached hydrogens (tertiary/aromatic N) is 2. The van der Waals surface area contributed by atoms with Gasteiger partial charge in [-0.05, 0) is 0 Å². The Morgan fingerprint density at radius 3 is 2.14 bits per heavy atom. The smallest absolute Gasteiger partial charge is 0.223 e. The van der Waals surface area contributed by atoms with E-state index in [1.807, 2.05) is 6.07 Å². The Balaban J connectivity index is 1.81. The molecule has 0 bridgehead atoms. The zero-order valence-electron chi connectivity index (χ0n) is 12.6. The van der Waals surface area contributed by atoms with Crippen molar-refractivity contribution in [2.24, 2.45) is 0 Å². The Morgan fingerprint density at radius 2 is 1.59 bits per heavy atom. The fraction of sp³-hybridized carbons (Fsp3) is 0.467. The van der Waals surface area contributed by atoms with Crippen molar-refractivity contribution in [2.45, 2.75) is 12.8 Å². The zero-order chi connectivity index (χ0) is 16.2. The van der Waals surface area contributed by atoms with Crippen LogP contribution in [0.5, 0.6) is 0 Å². The predicted octanol–water partition coefficient (Wildman–Crippen LogP) is 0.753. The Hall–Kier alpha value is -1.73. The van der Waals surface area contributed by atoms with Gasteiger partial charge in [-0.3, -0.25) is 9.59 Å². The zero-order valence-corrected chi connectivity index (χ0v) is 13.4. The first-order valence-electron chi connectivity index (χ1n) is 7.19. The van der Waals surface area contributed by atoms with Crippen LogP contribution in [-0.2, 0) is 14.8 Å². The molecule has 0 unspecified atom stereocenters. The van der Waals surface area contributed by atoms with Gasteiger partial charge in [-0.25, -0.2) is 8.42 Å². The van der Waals surface area contributed by atoms with E-state index >= 15 is 0 Å². The van der Waals surface area contributed by atoms with Crippen LogP contribution >= 0.6 is 0 Å². The topological polar surface area (TPSA) is 74.8 Å². The molecule has 1 fully saturated rings. The van der Waals surface area contributed by atoms with Gasteiger partial charge in [-0.2, -0.15) is 4.31 Å². The minimum Gasteiger partial charge on any atom is -0.340 e. The fourth-order valence-electron chi connectivity index (χ4n) is 2.42. The molecule has 2 rings (SSSR count). The maximum atomic E-state index is 12.1. The Bertz CT molecular complexity index is 635. The van der Waals surface area contributed by atoms with Gasteiger partial charge in [0.1, 0.15) is 0 Å². The summed E-state index contributed by atoms with van der Waals surface area (Å²) in [6.07, 6.45) is 1.50. The summed E-state index contributed by atoms with van der Waals surface area (Å²) in [4.78, 5) is 25.7. The molecule has 22 heavy (non-hydrogen) atoms. The number of piperazine rings is 1. The highest BCUT2D eigenvalue weighted by Crippen LogP contribution is 2.10. The standard InChI is InChI=1S/C15H20N2O4S/c1-22(20,21)17-11-9-16(10-12-17)15(19)8-7-14(18)13-5-3-2-4-6-13/h2-6H,7-12H2,1H3. The average molecular weight is 324 g/mol. The molecule has 1 aliphatic heterocycles. The van der Waals surface area contributed by atoms with Crippen molar-refractivity contribution >= 4 is 21.7 Å². The predicted molar refractivity (Wildman–Crippen MR) is 83.0 cm³/mol. The summed E-state index contributed by atoms with van der Waals surface area (Å²) in [5, 5.41) is 0. The van der Waals surface area contributed by atoms with Crippen molar-refractivity contribution in [1.82, 2.24) is 9.21 Å². The second kappa shape index (κ2) is 7.02. The first-order chi connectivity index (χ1) is 10.4. The third-order valence-electron chi connectivity index (χ3n) is 3.72. The highest BCUT2D eigenvalue weighted by molar-refractivity contribution is 7.88. The Labute approximate surface area is 130 Å². The van der Waals surface area contributed by atoms with Crippen LogP contribution in [0.2, 0.25) is 0 Å². The summed E-state index contributed by atoms with van der Waals surface area (Å²) in [5.74, 6) is -0.152. The molecule has 0 atom stereocenters. The second-order valence-corrected chi connectivity index (χ2v) is 7.31. The van der Waals surface area contributed by atoms with Crippen LogP contribution in [0.4, 0.5) is 0 Å². The molecular formula is C15H20N2O4S. The van der Waals surface area contributed by atoms with Crippen LogP contribution < -0.4 is 0 Å². The Morgan fingerprint density at radius 1 is 1.00 bits per heavy atom. The molecule has 7 heteroatoms. The van der Waals surface area contributed by atoms with Crippen LogP contribution in [0, 0.1) is 0 Å². The molecule has 1 saturated heterocycles. The number of sulfonamides is 1. The van der Waals surface area contributed by atoms with E-state index in [1.54, 1.807) is 29.2 Å². The molecule has 120 valence electrons. The van der Waals surface area contributed by atoms with E-state index in [0.717, 1.165) is 0 Å². The summed E-state index contributed by atoms with van der Waals surface area (Å²) in [6, 6.07) is 8.89. The van der Waals surface area contributed by atoms with Gasteiger partial charge in [0.2, 0.25) is 15.9 Å². The summed E-state index contributed by atoms with van der Waals surface area (Å²) in [5.41, 5.74) is 0.609. The summed E-state index contributed by atoms with van der Waals surface area (Å²) >= 11 is 0. The molecule has 1 aromatic rings. The molecular weight excluding hydrogens is 304 g/mol. The van der Waals surface area contributed by atoms with E-state index in [1.165, 1.54) is 10.6 Å². The van der Waals surface area contributed by atoms with E-state index in [2.05, 4.69) is 0 Å². The van der Waals surface area contributed by atoms with E-state index in [4.69, 9.17) is 0 Å². The van der Waals surface area contributed by atoms with Crippen molar-refractivity contribution in [3.05, 3.63) is 35.9 Å². The number of hydrogen-bond donors (Lipinski definition) is 0. The number of benzene rings is 1. The largest absolute Gasteiger partial charge is 0.340 e. The lowest BCUT2D eigenvalue weighted by molar-refractivity contribution is -0.132. The minimum absolute atomic E-state index is 0.0521. The molecule has 0 spiro atoms. The molecule has 1 heterocycles. The maximum Gasteiger partial charge on any atom is 0.223 e. The van der Waals surface area contributed by atoms with Crippen molar-refractivity contribution in [3.63, 3.8) is 0 Å². The maximum absolute atomic E-state index is 12.1. The molecule has 6 nitrogen and oxygen atoms in total. The van der Waals surface area contributed by atoms with Crippen molar-refractivity contribution in [3.8, 4) is 0 Å². The van der Waals surface area contributed by atoms with Gasteiger partial charge in [0.15, 0.2) is 5.78 Å². The van der Waals surface area contributed by atoms with Crippen LogP contribution in [0.1, 0.15) is 23.2 Å². The number of amides is 1. The van der Waals surface area contributed by atoms with Crippen molar-refractivity contribution < 1.29 is 18.0 Å². The van der Waals surface area contributed by atoms with Gasteiger partial charge in [-0.1, -0.05) is 30.3 Å². The fourth-order valence-corrected chi connectivity index (χ4v) is 3.24. The van der Waals surface area contributed by atoms with E-state index < -0.39 is 10.0 Å². The number of carbonyl (C=O) groups excluding carboxylic acids is 2. The molecule has 0 aliphatic carbocycles. The lowest BCUT2D eigenvalue weighted by Crippen LogP contribution is -2.50. The van der Waals surface area contributed by atoms with Crippen molar-refractivity contribution in [1.29, 1.82) is 0 Å². The SMILES string of the molecule is CS(=O)(=O)N1CCN(C(=O)CCC(=O)c2ccccc2)CC1. The second-order valence-electron chi connectivity index (χ2n) is 5.33. The molecule has 1 aliphatic rings. The molecule has 0 saturated carbocycles. The monoisotopic (exact) mass is 324 g/mol. The number of hydrogen-bond acceptors (Lipinski definition) is 4. The normalized spacial score (nSPS) is 16.5. The van der Waals surface area contributed by atoms with Gasteiger partial charge in [0, 0.05) is 44.6 Å². The van der Waals surface area contributed by atoms with Gasteiger partial charge < -0.3 is 4.90 Å². The van der Waals surface area contributed by atoms with E-state index in [0.29, 0.717) is 31.7 Å². The van der Waals surface area contributed by atoms with Crippen LogP contribution in [0.3, 0.4) is 0 Å². The first kappa shape index (κ1) is 16.6. The quantitative estimate of drug-likeness (QED) is 0.749. The number of ketones is 1. The molecule has 0 aromatic heterocycles. The minimum atomic E-state index is -3.20. The van der Waals surface area contributed by atoms with E-state index in [-0.39, 0.29) is 24.5 Å². The summed E-state index contributed by atoms with van der Waals surface area (Å²) in [6.45, 7) is 1.39. The highest BCUT2D eigenvalue weighted by Gasteiger charge is 2.26. The van der Waals surface area contributed by atoms with E-state index in [9.17, 15) is 18.0 Å². The number of carbonyl (C=O) groups is 2. The molecule has 1 amide bonds. The third kappa shape index (κ3) is 4.38. The average Bonchev–Trinajstić information content (AvgIpc) is 2.52. The van der Waals surface area contributed by atoms with Gasteiger partial charge >= 0.3 is 0 Å². The highest BCUT2D eigenvalue weighted by atomic mass is 32.2. The van der Waals surface area contributed by atoms with Crippen LogP contribution in [0.15, 0.2) is 30.3 Å². The van der Waals surface area contributed by atoms with Gasteiger partial charge in [0.05, 0.1) is 6.26 Å². The first-order valence-corrected chi connectivity index (χ1v) is 9.04. The van der Waals surface area contributed by atoms with Crippen molar-refractivity contribution in [2.75, 3.05) is 32.4 Å². The third-order valence-corrected chi connectivity index (χ3v) is 5.03. The lowest BCUT2D eigenvalue weighted by atomic mass is 10.1.